The van der Waals surface area contributed by atoms with Crippen LogP contribution in [0.5, 0.6) is 69.0 Å². The largest absolute Gasteiger partial charge is 0.493 e. The van der Waals surface area contributed by atoms with Crippen molar-refractivity contribution in [3.05, 3.63) is 109 Å². The monoisotopic (exact) mass is 1410 g/mol. The lowest BCUT2D eigenvalue weighted by molar-refractivity contribution is -0.130. The number of pyridine rings is 3. The number of hydrogen-bond acceptors (Lipinski definition) is 30. The summed E-state index contributed by atoms with van der Waals surface area (Å²) in [5, 5.41) is 25.4. The van der Waals surface area contributed by atoms with E-state index in [0.29, 0.717) is 86.1 Å². The van der Waals surface area contributed by atoms with Gasteiger partial charge in [-0.25, -0.2) is 43.1 Å². The Bertz CT molecular complexity index is 4140. The van der Waals surface area contributed by atoms with Crippen LogP contribution < -0.4 is 105 Å². The lowest BCUT2D eigenvalue weighted by Crippen LogP contribution is -2.46. The normalized spacial score (nSPS) is 13.8. The van der Waals surface area contributed by atoms with Gasteiger partial charge in [0.2, 0.25) is 35.1 Å². The average molecular weight is 1410 g/mol. The fraction of sp³-hybridized carbons (Fsp3) is 0.273. The first-order chi connectivity index (χ1) is 48.7. The van der Waals surface area contributed by atoms with Gasteiger partial charge in [-0.05, 0) is 77.9 Å². The van der Waals surface area contributed by atoms with Crippen molar-refractivity contribution in [3.8, 4) is 69.0 Å². The van der Waals surface area contributed by atoms with E-state index in [-0.39, 0.29) is 87.9 Å². The fourth-order valence-electron chi connectivity index (χ4n) is 9.56. The minimum Gasteiger partial charge on any atom is -0.493 e. The fourth-order valence-corrected chi connectivity index (χ4v) is 9.56. The van der Waals surface area contributed by atoms with Crippen LogP contribution in [0.1, 0.15) is 41.5 Å². The van der Waals surface area contributed by atoms with Gasteiger partial charge in [-0.2, -0.15) is 15.0 Å². The predicted molar refractivity (Wildman–Crippen MR) is 367 cm³/mol. The van der Waals surface area contributed by atoms with Crippen LogP contribution in [-0.2, 0) is 14.4 Å². The molecule has 3 aliphatic heterocycles. The molecule has 102 heavy (non-hydrogen) atoms. The zero-order valence-corrected chi connectivity index (χ0v) is 57.4. The maximum absolute atomic E-state index is 14.4. The summed E-state index contributed by atoms with van der Waals surface area (Å²) in [6.45, 7) is 9.89. The highest BCUT2D eigenvalue weighted by Crippen LogP contribution is 2.44. The van der Waals surface area contributed by atoms with Crippen molar-refractivity contribution in [1.29, 1.82) is 0 Å². The molecule has 0 saturated carbocycles. The molecule has 33 nitrogen and oxygen atoms in total. The zero-order chi connectivity index (χ0) is 73.4. The van der Waals surface area contributed by atoms with E-state index in [1.54, 1.807) is 114 Å². The molecule has 3 aliphatic rings. The minimum absolute atomic E-state index is 0.106. The average Bonchev–Trinajstić information content (AvgIpc) is 0.806. The number of ether oxygens (including phenoxy) is 12. The van der Waals surface area contributed by atoms with E-state index in [0.717, 1.165) is 18.6 Å². The van der Waals surface area contributed by atoms with Crippen LogP contribution in [0.2, 0.25) is 0 Å². The number of benzene rings is 3. The van der Waals surface area contributed by atoms with E-state index in [1.807, 2.05) is 0 Å². The number of hydrogen-bond donors (Lipinski definition) is 9. The van der Waals surface area contributed by atoms with E-state index in [1.165, 1.54) is 64.0 Å². The van der Waals surface area contributed by atoms with Crippen molar-refractivity contribution in [1.82, 2.24) is 44.9 Å². The quantitative estimate of drug-likeness (QED) is 0.0323. The van der Waals surface area contributed by atoms with Gasteiger partial charge in [-0.1, -0.05) is 0 Å². The summed E-state index contributed by atoms with van der Waals surface area (Å²) in [6, 6.07) is 19.6. The highest BCUT2D eigenvalue weighted by molar-refractivity contribution is 6.01. The van der Waals surface area contributed by atoms with Crippen molar-refractivity contribution in [2.45, 2.75) is 58.3 Å². The Kier molecular flexibility index (Phi) is 21.1. The molecule has 36 heteroatoms. The number of halogens is 3. The van der Waals surface area contributed by atoms with Crippen molar-refractivity contribution in [2.24, 2.45) is 0 Å². The molecule has 0 aliphatic carbocycles. The number of amides is 3. The maximum atomic E-state index is 14.4. The first-order valence-corrected chi connectivity index (χ1v) is 30.4. The lowest BCUT2D eigenvalue weighted by Gasteiger charge is -2.30. The Morgan fingerprint density at radius 1 is 0.343 bits per heavy atom. The molecule has 534 valence electrons. The highest BCUT2D eigenvalue weighted by atomic mass is 19.1. The molecular formula is C66H69F3N18O15. The van der Waals surface area contributed by atoms with Crippen LogP contribution in [0.4, 0.5) is 100 Å². The molecule has 0 atom stereocenters. The van der Waals surface area contributed by atoms with E-state index >= 15 is 0 Å². The Hall–Kier alpha value is -13.1. The smallest absolute Gasteiger partial charge is 0.269 e. The van der Waals surface area contributed by atoms with Crippen LogP contribution in [0.15, 0.2) is 91.4 Å². The van der Waals surface area contributed by atoms with E-state index < -0.39 is 34.3 Å². The summed E-state index contributed by atoms with van der Waals surface area (Å²) in [7, 11) is 13.5. The molecule has 9 aromatic rings. The first kappa shape index (κ1) is 71.7. The second kappa shape index (κ2) is 30.0. The van der Waals surface area contributed by atoms with Crippen LogP contribution >= 0.6 is 0 Å². The van der Waals surface area contributed by atoms with E-state index in [4.69, 9.17) is 56.8 Å². The zero-order valence-electron chi connectivity index (χ0n) is 57.4. The molecule has 3 aromatic carbocycles. The highest BCUT2D eigenvalue weighted by Gasteiger charge is 2.39. The third-order valence-electron chi connectivity index (χ3n) is 14.7. The molecule has 0 bridgehead atoms. The van der Waals surface area contributed by atoms with Gasteiger partial charge < -0.3 is 105 Å². The van der Waals surface area contributed by atoms with E-state index in [2.05, 4.69) is 92.7 Å². The Balaban J connectivity index is 0.000000165. The second-order valence-electron chi connectivity index (χ2n) is 23.0. The number of aromatic nitrogens is 9. The lowest BCUT2D eigenvalue weighted by atomic mass is 10.1. The standard InChI is InChI=1S/3C22H23FN6O5/c3*1-22(2)20(30)28-19-13(34-22)6-7-16(27-19)26-18-12(23)10-24-21(29-18)25-11-8-14(31-3)17(33-5)15(9-11)32-4/h3*6-10H,1-5H3,(H3,24,25,26,27,28,29,30). The number of fused-ring (bicyclic) bond motifs is 3. The first-order valence-electron chi connectivity index (χ1n) is 30.4. The molecule has 0 fully saturated rings. The third kappa shape index (κ3) is 16.1. The number of nitrogens with one attached hydrogen (secondary N) is 9. The molecule has 0 radical (unpaired) electrons. The number of carbonyl (C=O) groups excluding carboxylic acids is 3. The van der Waals surface area contributed by atoms with Crippen LogP contribution in [0.3, 0.4) is 0 Å². The minimum atomic E-state index is -1.02. The maximum Gasteiger partial charge on any atom is 0.269 e. The van der Waals surface area contributed by atoms with Gasteiger partial charge >= 0.3 is 0 Å². The molecule has 12 rings (SSSR count). The van der Waals surface area contributed by atoms with Gasteiger partial charge in [-0.15, -0.1) is 0 Å². The summed E-state index contributed by atoms with van der Waals surface area (Å²) in [4.78, 5) is 73.8. The molecule has 0 saturated heterocycles. The Labute approximate surface area is 580 Å². The summed E-state index contributed by atoms with van der Waals surface area (Å²) in [6.07, 6.45) is 3.05. The Morgan fingerprint density at radius 3 is 0.794 bits per heavy atom. The van der Waals surface area contributed by atoms with Gasteiger partial charge in [-0.3, -0.25) is 14.4 Å². The van der Waals surface area contributed by atoms with Crippen molar-refractivity contribution >= 4 is 105 Å². The summed E-state index contributed by atoms with van der Waals surface area (Å²) in [5.74, 6) is 3.30. The summed E-state index contributed by atoms with van der Waals surface area (Å²) < 4.78 is 108. The number of nitrogens with zero attached hydrogens (tertiary/aromatic N) is 9. The topological polar surface area (TPSA) is 386 Å². The molecule has 9 heterocycles. The number of methoxy groups -OCH3 is 9. The number of rotatable bonds is 21. The number of carbonyl (C=O) groups is 3. The van der Waals surface area contributed by atoms with Gasteiger partial charge in [0.1, 0.15) is 17.5 Å². The SMILES string of the molecule is COc1cc(Nc2ncc(F)c(Nc3ccc4c(n3)NC(=O)C(C)(C)O4)n2)cc(OC)c1OC.COc1cc(Nc2ncc(F)c(Nc3ccc4c(n3)NC(=O)C(C)(C)O4)n2)cc(OC)c1OC.COc1cc(Nc2ncc(F)c(Nc3ccc4c(n3)NC(=O)C(C)(C)O4)n2)cc(OC)c1OC. The number of anilines is 15. The molecular weight excluding hydrogens is 1340 g/mol. The van der Waals surface area contributed by atoms with Crippen LogP contribution in [0, 0.1) is 17.5 Å². The van der Waals surface area contributed by atoms with Gasteiger partial charge in [0.05, 0.1) is 82.6 Å². The summed E-state index contributed by atoms with van der Waals surface area (Å²) in [5.41, 5.74) is -1.47. The van der Waals surface area contributed by atoms with Crippen LogP contribution in [-0.4, -0.2) is 143 Å². The summed E-state index contributed by atoms with van der Waals surface area (Å²) >= 11 is 0. The Morgan fingerprint density at radius 2 is 0.578 bits per heavy atom. The second-order valence-corrected chi connectivity index (χ2v) is 23.0. The van der Waals surface area contributed by atoms with Crippen molar-refractivity contribution in [3.63, 3.8) is 0 Å². The van der Waals surface area contributed by atoms with Gasteiger partial charge in [0, 0.05) is 53.5 Å². The van der Waals surface area contributed by atoms with Crippen molar-refractivity contribution in [2.75, 3.05) is 112 Å². The van der Waals surface area contributed by atoms with Gasteiger partial charge in [0.25, 0.3) is 17.7 Å². The van der Waals surface area contributed by atoms with Gasteiger partial charge in [0.15, 0.2) is 121 Å². The predicted octanol–water partition coefficient (Wildman–Crippen LogP) is 10.9. The van der Waals surface area contributed by atoms with Crippen molar-refractivity contribution < 1.29 is 84.4 Å². The molecule has 0 spiro atoms. The molecule has 0 unspecified atom stereocenters. The molecule has 6 aromatic heterocycles. The van der Waals surface area contributed by atoms with Crippen LogP contribution in [0.25, 0.3) is 0 Å². The molecule has 9 N–H and O–H groups in total. The van der Waals surface area contributed by atoms with E-state index in [9.17, 15) is 27.6 Å². The molecule has 3 amide bonds. The third-order valence-corrected chi connectivity index (χ3v) is 14.7.